The maximum atomic E-state index is 14.5. The van der Waals surface area contributed by atoms with Gasteiger partial charge in [-0.3, -0.25) is 4.79 Å². The molecule has 1 fully saturated rings. The summed E-state index contributed by atoms with van der Waals surface area (Å²) in [6.07, 6.45) is 0.0484. The summed E-state index contributed by atoms with van der Waals surface area (Å²) in [5, 5.41) is 34.5. The molecule has 0 radical (unpaired) electrons. The highest BCUT2D eigenvalue weighted by molar-refractivity contribution is 5.99. The van der Waals surface area contributed by atoms with E-state index in [0.717, 1.165) is 16.7 Å². The summed E-state index contributed by atoms with van der Waals surface area (Å²) < 4.78 is 0. The molecule has 1 saturated carbocycles. The van der Waals surface area contributed by atoms with Gasteiger partial charge in [0, 0.05) is 17.4 Å². The molecule has 0 amide bonds. The number of aryl methyl sites for hydroxylation is 2. The van der Waals surface area contributed by atoms with Gasteiger partial charge in [-0.1, -0.05) is 120 Å². The number of carbonyl (C=O) groups is 1. The standard InChI is InChI=1S/C35H30N2O2/c1-24-13-17-26(18-14-24)30-21-35(39,29-11-7-4-8-12-29)32(33(38)28-9-5-3-6-10-28)31(34(30,22-36)23-37)27-19-15-25(2)16-20-27/h3-20,30-32,39H,21H2,1-2H3/t30-,31+,32+,35+/m1/s1. The van der Waals surface area contributed by atoms with Crippen LogP contribution in [0, 0.1) is 47.8 Å². The third kappa shape index (κ3) is 4.44. The third-order valence-electron chi connectivity index (χ3n) is 8.30. The maximum absolute atomic E-state index is 14.5. The van der Waals surface area contributed by atoms with E-state index in [-0.39, 0.29) is 12.2 Å². The molecule has 0 bridgehead atoms. The number of ketones is 1. The van der Waals surface area contributed by atoms with Crippen LogP contribution < -0.4 is 0 Å². The second-order valence-corrected chi connectivity index (χ2v) is 10.6. The van der Waals surface area contributed by atoms with E-state index in [1.165, 1.54) is 0 Å². The largest absolute Gasteiger partial charge is 0.384 e. The average molecular weight is 511 g/mol. The Labute approximate surface area is 229 Å². The second kappa shape index (κ2) is 10.3. The Morgan fingerprint density at radius 2 is 1.23 bits per heavy atom. The molecule has 192 valence electrons. The first-order chi connectivity index (χ1) is 18.8. The third-order valence-corrected chi connectivity index (χ3v) is 8.30. The summed E-state index contributed by atoms with van der Waals surface area (Å²) in [6, 6.07) is 38.3. The van der Waals surface area contributed by atoms with Gasteiger partial charge >= 0.3 is 0 Å². The number of nitrogens with zero attached hydrogens (tertiary/aromatic N) is 2. The van der Waals surface area contributed by atoms with Gasteiger partial charge in [0.2, 0.25) is 0 Å². The Morgan fingerprint density at radius 1 is 0.744 bits per heavy atom. The number of hydrogen-bond donors (Lipinski definition) is 1. The van der Waals surface area contributed by atoms with Crippen LogP contribution in [0.1, 0.15) is 56.4 Å². The lowest BCUT2D eigenvalue weighted by Gasteiger charge is -2.53. The Hall–Kier alpha value is -4.51. The molecule has 0 aromatic heterocycles. The lowest BCUT2D eigenvalue weighted by molar-refractivity contribution is -0.0783. The van der Waals surface area contributed by atoms with E-state index >= 15 is 0 Å². The fraction of sp³-hybridized carbons (Fsp3) is 0.229. The average Bonchev–Trinajstić information content (AvgIpc) is 2.98. The van der Waals surface area contributed by atoms with Crippen LogP contribution in [0.15, 0.2) is 109 Å². The fourth-order valence-electron chi connectivity index (χ4n) is 6.26. The lowest BCUT2D eigenvalue weighted by atomic mass is 9.48. The van der Waals surface area contributed by atoms with Crippen LogP contribution in [-0.2, 0) is 5.60 Å². The number of carbonyl (C=O) groups excluding carboxylic acids is 1. The number of nitriles is 2. The quantitative estimate of drug-likeness (QED) is 0.293. The molecule has 1 aliphatic carbocycles. The first kappa shape index (κ1) is 26.1. The summed E-state index contributed by atoms with van der Waals surface area (Å²) in [7, 11) is 0. The summed E-state index contributed by atoms with van der Waals surface area (Å²) in [4.78, 5) is 14.5. The summed E-state index contributed by atoms with van der Waals surface area (Å²) >= 11 is 0. The van der Waals surface area contributed by atoms with E-state index in [1.807, 2.05) is 98.8 Å². The molecule has 0 spiro atoms. The molecule has 4 aromatic rings. The minimum atomic E-state index is -1.64. The van der Waals surface area contributed by atoms with Crippen molar-refractivity contribution in [3.8, 4) is 12.1 Å². The predicted molar refractivity (Wildman–Crippen MR) is 151 cm³/mol. The number of aliphatic hydroxyl groups is 1. The monoisotopic (exact) mass is 510 g/mol. The van der Waals surface area contributed by atoms with E-state index in [0.29, 0.717) is 16.7 Å². The zero-order valence-corrected chi connectivity index (χ0v) is 22.1. The summed E-state index contributed by atoms with van der Waals surface area (Å²) in [5.41, 5.74) is 1.33. The normalized spacial score (nSPS) is 23.8. The van der Waals surface area contributed by atoms with Gasteiger partial charge in [0.1, 0.15) is 5.60 Å². The lowest BCUT2D eigenvalue weighted by Crippen LogP contribution is -2.55. The van der Waals surface area contributed by atoms with Gasteiger partial charge in [0.25, 0.3) is 0 Å². The van der Waals surface area contributed by atoms with E-state index in [4.69, 9.17) is 0 Å². The molecule has 4 atom stereocenters. The van der Waals surface area contributed by atoms with Crippen LogP contribution in [0.4, 0.5) is 0 Å². The molecule has 0 heterocycles. The molecular weight excluding hydrogens is 480 g/mol. The van der Waals surface area contributed by atoms with E-state index in [9.17, 15) is 20.4 Å². The Bertz CT molecular complexity index is 1530. The first-order valence-electron chi connectivity index (χ1n) is 13.2. The fourth-order valence-corrected chi connectivity index (χ4v) is 6.26. The summed E-state index contributed by atoms with van der Waals surface area (Å²) in [5.74, 6) is -2.91. The van der Waals surface area contributed by atoms with Gasteiger partial charge in [-0.15, -0.1) is 0 Å². The molecule has 0 unspecified atom stereocenters. The molecule has 0 saturated heterocycles. The zero-order valence-electron chi connectivity index (χ0n) is 22.1. The van der Waals surface area contributed by atoms with Gasteiger partial charge in [0.05, 0.1) is 18.1 Å². The van der Waals surface area contributed by atoms with Gasteiger partial charge in [-0.05, 0) is 37.0 Å². The maximum Gasteiger partial charge on any atom is 0.169 e. The van der Waals surface area contributed by atoms with Crippen LogP contribution in [0.3, 0.4) is 0 Å². The molecule has 0 aliphatic heterocycles. The van der Waals surface area contributed by atoms with Crippen molar-refractivity contribution in [2.75, 3.05) is 0 Å². The van der Waals surface area contributed by atoms with Crippen LogP contribution in [-0.4, -0.2) is 10.9 Å². The first-order valence-corrected chi connectivity index (χ1v) is 13.2. The highest BCUT2D eigenvalue weighted by Gasteiger charge is 2.64. The second-order valence-electron chi connectivity index (χ2n) is 10.6. The molecule has 1 aliphatic rings. The summed E-state index contributed by atoms with van der Waals surface area (Å²) in [6.45, 7) is 3.95. The van der Waals surface area contributed by atoms with Crippen LogP contribution in [0.25, 0.3) is 0 Å². The topological polar surface area (TPSA) is 84.9 Å². The van der Waals surface area contributed by atoms with Crippen molar-refractivity contribution >= 4 is 5.78 Å². The predicted octanol–water partition coefficient (Wildman–Crippen LogP) is 7.00. The molecular formula is C35H30N2O2. The van der Waals surface area contributed by atoms with Gasteiger partial charge in [-0.25, -0.2) is 0 Å². The van der Waals surface area contributed by atoms with Gasteiger partial charge in [0.15, 0.2) is 11.2 Å². The van der Waals surface area contributed by atoms with Gasteiger partial charge in [-0.2, -0.15) is 10.5 Å². The number of benzene rings is 4. The Balaban J connectivity index is 1.85. The smallest absolute Gasteiger partial charge is 0.169 e. The number of Topliss-reactive ketones (excluding diaryl/α,β-unsaturated/α-hetero) is 1. The van der Waals surface area contributed by atoms with Gasteiger partial charge < -0.3 is 5.11 Å². The minimum absolute atomic E-state index is 0.0484. The highest BCUT2D eigenvalue weighted by atomic mass is 16.3. The van der Waals surface area contributed by atoms with E-state index in [2.05, 4.69) is 12.1 Å². The van der Waals surface area contributed by atoms with Crippen molar-refractivity contribution in [1.82, 2.24) is 0 Å². The van der Waals surface area contributed by atoms with Crippen molar-refractivity contribution in [2.45, 2.75) is 37.7 Å². The van der Waals surface area contributed by atoms with Crippen molar-refractivity contribution in [2.24, 2.45) is 11.3 Å². The molecule has 4 aromatic carbocycles. The Kier molecular flexibility index (Phi) is 6.92. The molecule has 1 N–H and O–H groups in total. The highest BCUT2D eigenvalue weighted by Crippen LogP contribution is 2.63. The van der Waals surface area contributed by atoms with Crippen LogP contribution in [0.5, 0.6) is 0 Å². The van der Waals surface area contributed by atoms with Crippen molar-refractivity contribution in [1.29, 1.82) is 10.5 Å². The van der Waals surface area contributed by atoms with Crippen LogP contribution >= 0.6 is 0 Å². The zero-order chi connectivity index (χ0) is 27.6. The molecule has 39 heavy (non-hydrogen) atoms. The minimum Gasteiger partial charge on any atom is -0.384 e. The van der Waals surface area contributed by atoms with Crippen molar-refractivity contribution < 1.29 is 9.90 Å². The Morgan fingerprint density at radius 3 is 1.74 bits per heavy atom. The van der Waals surface area contributed by atoms with Crippen LogP contribution in [0.2, 0.25) is 0 Å². The van der Waals surface area contributed by atoms with Crippen molar-refractivity contribution in [3.63, 3.8) is 0 Å². The molecule has 4 nitrogen and oxygen atoms in total. The van der Waals surface area contributed by atoms with E-state index < -0.39 is 28.8 Å². The number of hydrogen-bond acceptors (Lipinski definition) is 4. The van der Waals surface area contributed by atoms with E-state index in [1.54, 1.807) is 24.3 Å². The SMILES string of the molecule is Cc1ccc([C@H]2C[C@](O)(c3ccccc3)[C@H](C(=O)c3ccccc3)[C@H](c3ccc(C)cc3)C2(C#N)C#N)cc1. The van der Waals surface area contributed by atoms with Crippen molar-refractivity contribution in [3.05, 3.63) is 143 Å². The molecule has 4 heteroatoms. The molecule has 5 rings (SSSR count). The number of rotatable bonds is 5.